The fourth-order valence-corrected chi connectivity index (χ4v) is 4.25. The maximum absolute atomic E-state index is 13.3. The molecule has 1 aliphatic heterocycles. The second-order valence-corrected chi connectivity index (χ2v) is 8.51. The van der Waals surface area contributed by atoms with Crippen molar-refractivity contribution in [2.45, 2.75) is 38.4 Å². The van der Waals surface area contributed by atoms with Crippen molar-refractivity contribution in [1.29, 1.82) is 0 Å². The fourth-order valence-electron chi connectivity index (χ4n) is 4.25. The minimum atomic E-state index is -0.242. The third kappa shape index (κ3) is 6.06. The van der Waals surface area contributed by atoms with E-state index in [0.717, 1.165) is 29.7 Å². The van der Waals surface area contributed by atoms with E-state index >= 15 is 0 Å². The van der Waals surface area contributed by atoms with Gasteiger partial charge in [0.1, 0.15) is 5.82 Å². The number of carbonyl (C=O) groups excluding carboxylic acids is 1. The summed E-state index contributed by atoms with van der Waals surface area (Å²) in [5.41, 5.74) is 3.11. The first-order valence-corrected chi connectivity index (χ1v) is 11.5. The van der Waals surface area contributed by atoms with Crippen molar-refractivity contribution in [2.24, 2.45) is 5.92 Å². The molecule has 1 amide bonds. The van der Waals surface area contributed by atoms with Gasteiger partial charge < -0.3 is 19.9 Å². The first kappa shape index (κ1) is 23.1. The number of aromatic nitrogens is 2. The molecule has 6 nitrogen and oxygen atoms in total. The highest BCUT2D eigenvalue weighted by atomic mass is 19.1. The maximum atomic E-state index is 13.3. The topological polar surface area (TPSA) is 68.2 Å². The van der Waals surface area contributed by atoms with Crippen molar-refractivity contribution in [2.75, 3.05) is 19.8 Å². The lowest BCUT2D eigenvalue weighted by atomic mass is 9.98. The van der Waals surface area contributed by atoms with E-state index in [0.29, 0.717) is 26.3 Å². The first-order chi connectivity index (χ1) is 16.1. The molecule has 1 aromatic heterocycles. The van der Waals surface area contributed by atoms with Gasteiger partial charge in [0.05, 0.1) is 24.1 Å². The van der Waals surface area contributed by atoms with Crippen LogP contribution in [0.15, 0.2) is 67.1 Å². The molecule has 2 atom stereocenters. The zero-order chi connectivity index (χ0) is 23.0. The van der Waals surface area contributed by atoms with E-state index < -0.39 is 0 Å². The van der Waals surface area contributed by atoms with Crippen LogP contribution in [-0.2, 0) is 16.1 Å². The van der Waals surface area contributed by atoms with Gasteiger partial charge >= 0.3 is 0 Å². The molecule has 0 bridgehead atoms. The molecule has 2 aromatic carbocycles. The van der Waals surface area contributed by atoms with Crippen LogP contribution in [0.4, 0.5) is 4.39 Å². The van der Waals surface area contributed by atoms with Crippen LogP contribution in [0.1, 0.15) is 48.7 Å². The Morgan fingerprint density at radius 1 is 1.12 bits per heavy atom. The van der Waals surface area contributed by atoms with Crippen molar-refractivity contribution in [3.05, 3.63) is 89.8 Å². The standard InChI is InChI=1S/C26H31FN4O2/c1-19(20-7-9-23(27)10-8-20)31-18-29-16-24(31)15-28-17-25(21-5-3-2-4-6-21)30-26(32)22-11-13-33-14-12-22/h2-10,16,18-19,22,25,28H,11-15,17H2,1H3,(H,30,32)/t19-,25?/m1/s1. The number of nitrogens with one attached hydrogen (secondary N) is 2. The Balaban J connectivity index is 1.40. The molecule has 2 heterocycles. The molecule has 0 saturated carbocycles. The molecule has 4 rings (SSSR count). The number of carbonyl (C=O) groups is 1. The highest BCUT2D eigenvalue weighted by Crippen LogP contribution is 2.21. The van der Waals surface area contributed by atoms with Crippen LogP contribution >= 0.6 is 0 Å². The molecule has 174 valence electrons. The molecular weight excluding hydrogens is 419 g/mol. The van der Waals surface area contributed by atoms with Crippen LogP contribution in [0.5, 0.6) is 0 Å². The average molecular weight is 451 g/mol. The lowest BCUT2D eigenvalue weighted by molar-refractivity contribution is -0.128. The highest BCUT2D eigenvalue weighted by molar-refractivity contribution is 5.79. The van der Waals surface area contributed by atoms with Crippen LogP contribution in [0.25, 0.3) is 0 Å². The van der Waals surface area contributed by atoms with Crippen LogP contribution in [0.3, 0.4) is 0 Å². The third-order valence-corrected chi connectivity index (χ3v) is 6.28. The summed E-state index contributed by atoms with van der Waals surface area (Å²) in [6.45, 7) is 4.54. The van der Waals surface area contributed by atoms with E-state index in [1.54, 1.807) is 18.5 Å². The van der Waals surface area contributed by atoms with Crippen molar-refractivity contribution in [3.63, 3.8) is 0 Å². The summed E-state index contributed by atoms with van der Waals surface area (Å²) in [6.07, 6.45) is 5.17. The predicted octanol–water partition coefficient (Wildman–Crippen LogP) is 4.01. The largest absolute Gasteiger partial charge is 0.381 e. The second-order valence-electron chi connectivity index (χ2n) is 8.51. The number of rotatable bonds is 9. The van der Waals surface area contributed by atoms with E-state index in [2.05, 4.69) is 27.1 Å². The third-order valence-electron chi connectivity index (χ3n) is 6.28. The molecule has 7 heteroatoms. The van der Waals surface area contributed by atoms with Crippen LogP contribution in [-0.4, -0.2) is 35.2 Å². The van der Waals surface area contributed by atoms with Crippen LogP contribution < -0.4 is 10.6 Å². The zero-order valence-electron chi connectivity index (χ0n) is 18.9. The van der Waals surface area contributed by atoms with Crippen LogP contribution in [0, 0.1) is 11.7 Å². The van der Waals surface area contributed by atoms with Gasteiger partial charge in [-0.05, 0) is 43.0 Å². The summed E-state index contributed by atoms with van der Waals surface area (Å²) in [4.78, 5) is 17.2. The number of benzene rings is 2. The maximum Gasteiger partial charge on any atom is 0.223 e. The van der Waals surface area contributed by atoms with E-state index in [-0.39, 0.29) is 29.7 Å². The van der Waals surface area contributed by atoms with E-state index in [9.17, 15) is 9.18 Å². The second kappa shape index (κ2) is 11.2. The van der Waals surface area contributed by atoms with Gasteiger partial charge in [-0.15, -0.1) is 0 Å². The molecule has 2 N–H and O–H groups in total. The number of hydrogen-bond donors (Lipinski definition) is 2. The summed E-state index contributed by atoms with van der Waals surface area (Å²) in [5, 5.41) is 6.73. The summed E-state index contributed by atoms with van der Waals surface area (Å²) in [7, 11) is 0. The van der Waals surface area contributed by atoms with E-state index in [1.165, 1.54) is 12.1 Å². The minimum Gasteiger partial charge on any atom is -0.381 e. The molecule has 1 unspecified atom stereocenters. The lowest BCUT2D eigenvalue weighted by Crippen LogP contribution is -2.40. The Kier molecular flexibility index (Phi) is 7.86. The van der Waals surface area contributed by atoms with Crippen molar-refractivity contribution in [3.8, 4) is 0 Å². The van der Waals surface area contributed by atoms with Gasteiger partial charge in [-0.2, -0.15) is 0 Å². The van der Waals surface area contributed by atoms with Crippen LogP contribution in [0.2, 0.25) is 0 Å². The van der Waals surface area contributed by atoms with Gasteiger partial charge in [-0.25, -0.2) is 9.37 Å². The van der Waals surface area contributed by atoms with Gasteiger partial charge in [-0.3, -0.25) is 4.79 Å². The summed E-state index contributed by atoms with van der Waals surface area (Å²) in [5.74, 6) is -0.153. The molecule has 1 fully saturated rings. The number of hydrogen-bond acceptors (Lipinski definition) is 4. The molecular formula is C26H31FN4O2. The SMILES string of the molecule is C[C@H](c1ccc(F)cc1)n1cncc1CNCC(NC(=O)C1CCOCC1)c1ccccc1. The van der Waals surface area contributed by atoms with Gasteiger partial charge in [0, 0.05) is 38.4 Å². The van der Waals surface area contributed by atoms with E-state index in [1.807, 2.05) is 36.5 Å². The fraction of sp³-hybridized carbons (Fsp3) is 0.385. The monoisotopic (exact) mass is 450 g/mol. The molecule has 0 radical (unpaired) electrons. The quantitative estimate of drug-likeness (QED) is 0.517. The van der Waals surface area contributed by atoms with E-state index in [4.69, 9.17) is 4.74 Å². The Bertz CT molecular complexity index is 1020. The molecule has 1 saturated heterocycles. The summed E-state index contributed by atoms with van der Waals surface area (Å²) < 4.78 is 20.8. The number of ether oxygens (including phenoxy) is 1. The summed E-state index contributed by atoms with van der Waals surface area (Å²) in [6, 6.07) is 16.5. The predicted molar refractivity (Wildman–Crippen MR) is 125 cm³/mol. The number of halogens is 1. The minimum absolute atomic E-state index is 0.00273. The lowest BCUT2D eigenvalue weighted by Gasteiger charge is -2.26. The zero-order valence-corrected chi connectivity index (χ0v) is 18.9. The Morgan fingerprint density at radius 3 is 2.58 bits per heavy atom. The highest BCUT2D eigenvalue weighted by Gasteiger charge is 2.24. The van der Waals surface area contributed by atoms with Crippen molar-refractivity contribution < 1.29 is 13.9 Å². The molecule has 0 aliphatic carbocycles. The first-order valence-electron chi connectivity index (χ1n) is 11.5. The van der Waals surface area contributed by atoms with Crippen molar-refractivity contribution in [1.82, 2.24) is 20.2 Å². The Morgan fingerprint density at radius 2 is 1.85 bits per heavy atom. The molecule has 3 aromatic rings. The number of amides is 1. The average Bonchev–Trinajstić information content (AvgIpc) is 3.33. The van der Waals surface area contributed by atoms with Gasteiger partial charge in [0.15, 0.2) is 0 Å². The smallest absolute Gasteiger partial charge is 0.223 e. The molecule has 0 spiro atoms. The number of nitrogens with zero attached hydrogens (tertiary/aromatic N) is 2. The Labute approximate surface area is 194 Å². The molecule has 33 heavy (non-hydrogen) atoms. The van der Waals surface area contributed by atoms with Gasteiger partial charge in [0.25, 0.3) is 0 Å². The van der Waals surface area contributed by atoms with Crippen molar-refractivity contribution >= 4 is 5.91 Å². The molecule has 1 aliphatic rings. The number of imidazole rings is 1. The Hall–Kier alpha value is -3.03. The normalized spacial score (nSPS) is 16.3. The van der Waals surface area contributed by atoms with Gasteiger partial charge in [-0.1, -0.05) is 42.5 Å². The van der Waals surface area contributed by atoms with Gasteiger partial charge in [0.2, 0.25) is 5.91 Å². The summed E-state index contributed by atoms with van der Waals surface area (Å²) >= 11 is 0.